The molecule has 0 spiro atoms. The Balaban J connectivity index is 1.32. The molecule has 0 aliphatic carbocycles. The lowest BCUT2D eigenvalue weighted by Gasteiger charge is -2.36. The first-order valence-corrected chi connectivity index (χ1v) is 11.6. The van der Waals surface area contributed by atoms with Crippen molar-refractivity contribution in [3.63, 3.8) is 0 Å². The maximum Gasteiger partial charge on any atom is 0.264 e. The number of aromatic nitrogens is 2. The third-order valence-corrected chi connectivity index (χ3v) is 7.12. The fourth-order valence-electron chi connectivity index (χ4n) is 4.28. The molecule has 0 saturated carbocycles. The summed E-state index contributed by atoms with van der Waals surface area (Å²) < 4.78 is 7.52. The molecule has 1 saturated heterocycles. The minimum Gasteiger partial charge on any atom is -0.495 e. The molecule has 2 aromatic heterocycles. The number of aryl methyl sites for hydroxylation is 1. The van der Waals surface area contributed by atoms with Gasteiger partial charge < -0.3 is 14.5 Å². The first kappa shape index (κ1) is 20.6. The number of methoxy groups -OCH3 is 1. The van der Waals surface area contributed by atoms with Gasteiger partial charge in [0.1, 0.15) is 10.6 Å². The van der Waals surface area contributed by atoms with Gasteiger partial charge in [0.15, 0.2) is 0 Å². The van der Waals surface area contributed by atoms with E-state index in [9.17, 15) is 4.79 Å². The number of piperazine rings is 1. The summed E-state index contributed by atoms with van der Waals surface area (Å²) in [7, 11) is 1.70. The largest absolute Gasteiger partial charge is 0.495 e. The molecular weight excluding hydrogens is 420 g/mol. The van der Waals surface area contributed by atoms with Crippen molar-refractivity contribution in [2.75, 3.05) is 38.2 Å². The quantitative estimate of drug-likeness (QED) is 0.455. The van der Waals surface area contributed by atoms with Crippen molar-refractivity contribution in [3.05, 3.63) is 76.8 Å². The van der Waals surface area contributed by atoms with Crippen molar-refractivity contribution in [1.29, 1.82) is 0 Å². The van der Waals surface area contributed by atoms with Crippen LogP contribution in [0.25, 0.3) is 10.2 Å². The molecule has 1 aliphatic rings. The molecule has 0 radical (unpaired) electrons. The van der Waals surface area contributed by atoms with Crippen LogP contribution in [0.1, 0.15) is 20.9 Å². The van der Waals surface area contributed by atoms with E-state index in [0.717, 1.165) is 45.3 Å². The number of anilines is 1. The van der Waals surface area contributed by atoms with Crippen LogP contribution in [0.2, 0.25) is 0 Å². The molecular formula is C25H26N4O2S. The molecule has 6 nitrogen and oxygen atoms in total. The highest BCUT2D eigenvalue weighted by Crippen LogP contribution is 2.31. The van der Waals surface area contributed by atoms with Crippen LogP contribution < -0.4 is 9.64 Å². The molecule has 0 N–H and O–H groups in total. The number of hydrogen-bond acceptors (Lipinski definition) is 5. The lowest BCUT2D eigenvalue weighted by Crippen LogP contribution is -2.48. The maximum absolute atomic E-state index is 13.3. The lowest BCUT2D eigenvalue weighted by atomic mass is 10.2. The number of ether oxygens (including phenoxy) is 1. The molecule has 1 aliphatic heterocycles. The van der Waals surface area contributed by atoms with Crippen LogP contribution in [0.5, 0.6) is 5.75 Å². The zero-order valence-corrected chi connectivity index (χ0v) is 19.1. The molecule has 1 fully saturated rings. The van der Waals surface area contributed by atoms with Gasteiger partial charge in [-0.1, -0.05) is 42.5 Å². The molecule has 0 atom stereocenters. The van der Waals surface area contributed by atoms with Gasteiger partial charge in [0.05, 0.1) is 29.9 Å². The Labute approximate surface area is 191 Å². The third-order valence-electron chi connectivity index (χ3n) is 5.99. The number of hydrogen-bond donors (Lipinski definition) is 0. The summed E-state index contributed by atoms with van der Waals surface area (Å²) in [5.74, 6) is 0.978. The number of rotatable bonds is 5. The summed E-state index contributed by atoms with van der Waals surface area (Å²) in [6.45, 7) is 5.68. The predicted molar refractivity (Wildman–Crippen MR) is 129 cm³/mol. The van der Waals surface area contributed by atoms with Crippen LogP contribution in [-0.4, -0.2) is 53.9 Å². The minimum absolute atomic E-state index is 0.108. The number of fused-ring (bicyclic) bond motifs is 1. The van der Waals surface area contributed by atoms with Gasteiger partial charge in [-0.3, -0.25) is 9.48 Å². The second kappa shape index (κ2) is 8.67. The second-order valence-corrected chi connectivity index (χ2v) is 9.04. The number of amides is 1. The monoisotopic (exact) mass is 446 g/mol. The fourth-order valence-corrected chi connectivity index (χ4v) is 5.41. The van der Waals surface area contributed by atoms with E-state index in [1.54, 1.807) is 18.4 Å². The van der Waals surface area contributed by atoms with E-state index in [4.69, 9.17) is 9.84 Å². The molecule has 3 heterocycles. The van der Waals surface area contributed by atoms with E-state index in [1.807, 2.05) is 59.0 Å². The average molecular weight is 447 g/mol. The predicted octanol–water partition coefficient (Wildman–Crippen LogP) is 4.43. The molecule has 0 unspecified atom stereocenters. The zero-order chi connectivity index (χ0) is 22.1. The molecule has 5 rings (SSSR count). The van der Waals surface area contributed by atoms with E-state index in [1.165, 1.54) is 5.56 Å². The average Bonchev–Trinajstić information content (AvgIpc) is 3.40. The number of para-hydroxylation sites is 2. The van der Waals surface area contributed by atoms with Crippen LogP contribution in [0.4, 0.5) is 5.69 Å². The van der Waals surface area contributed by atoms with Gasteiger partial charge in [-0.2, -0.15) is 5.10 Å². The van der Waals surface area contributed by atoms with Crippen LogP contribution in [0.15, 0.2) is 60.7 Å². The van der Waals surface area contributed by atoms with Gasteiger partial charge in [-0.05, 0) is 30.7 Å². The summed E-state index contributed by atoms with van der Waals surface area (Å²) >= 11 is 1.54. The first-order valence-electron chi connectivity index (χ1n) is 10.8. The smallest absolute Gasteiger partial charge is 0.264 e. The SMILES string of the molecule is COc1ccccc1N1CCN(C(=O)c2cc3c(C)nn(Cc4ccccc4)c3s2)CC1. The zero-order valence-electron chi connectivity index (χ0n) is 18.3. The Bertz CT molecular complexity index is 1240. The summed E-state index contributed by atoms with van der Waals surface area (Å²) in [5.41, 5.74) is 3.25. The highest BCUT2D eigenvalue weighted by atomic mass is 32.1. The Morgan fingerprint density at radius 3 is 2.50 bits per heavy atom. The summed E-state index contributed by atoms with van der Waals surface area (Å²) in [6.07, 6.45) is 0. The van der Waals surface area contributed by atoms with E-state index in [-0.39, 0.29) is 5.91 Å². The van der Waals surface area contributed by atoms with Gasteiger partial charge >= 0.3 is 0 Å². The van der Waals surface area contributed by atoms with Gasteiger partial charge in [0.25, 0.3) is 5.91 Å². The van der Waals surface area contributed by atoms with Gasteiger partial charge in [-0.15, -0.1) is 11.3 Å². The van der Waals surface area contributed by atoms with Gasteiger partial charge in [-0.25, -0.2) is 0 Å². The number of benzene rings is 2. The van der Waals surface area contributed by atoms with Crippen molar-refractivity contribution in [1.82, 2.24) is 14.7 Å². The van der Waals surface area contributed by atoms with Crippen molar-refractivity contribution >= 4 is 33.1 Å². The van der Waals surface area contributed by atoms with Crippen molar-refractivity contribution in [2.24, 2.45) is 0 Å². The maximum atomic E-state index is 13.3. The highest BCUT2D eigenvalue weighted by Gasteiger charge is 2.26. The fraction of sp³-hybridized carbons (Fsp3) is 0.280. The number of thiophene rings is 1. The molecule has 4 aromatic rings. The Kier molecular flexibility index (Phi) is 5.57. The number of carbonyl (C=O) groups is 1. The van der Waals surface area contributed by atoms with Gasteiger partial charge in [0.2, 0.25) is 0 Å². The Morgan fingerprint density at radius 2 is 1.75 bits per heavy atom. The van der Waals surface area contributed by atoms with Crippen molar-refractivity contribution in [2.45, 2.75) is 13.5 Å². The first-order chi connectivity index (χ1) is 15.6. The van der Waals surface area contributed by atoms with Gasteiger partial charge in [0, 0.05) is 31.6 Å². The normalized spacial score (nSPS) is 14.2. The lowest BCUT2D eigenvalue weighted by molar-refractivity contribution is 0.0751. The summed E-state index contributed by atoms with van der Waals surface area (Å²) in [5, 5.41) is 5.77. The van der Waals surface area contributed by atoms with Crippen molar-refractivity contribution < 1.29 is 9.53 Å². The van der Waals surface area contributed by atoms with E-state index >= 15 is 0 Å². The van der Waals surface area contributed by atoms with E-state index in [2.05, 4.69) is 23.1 Å². The molecule has 164 valence electrons. The second-order valence-electron chi connectivity index (χ2n) is 8.01. The number of carbonyl (C=O) groups excluding carboxylic acids is 1. The molecule has 0 bridgehead atoms. The molecule has 2 aromatic carbocycles. The summed E-state index contributed by atoms with van der Waals surface area (Å²) in [6, 6.07) is 20.4. The Morgan fingerprint density at radius 1 is 1.03 bits per heavy atom. The molecule has 1 amide bonds. The third kappa shape index (κ3) is 3.84. The van der Waals surface area contributed by atoms with E-state index < -0.39 is 0 Å². The van der Waals surface area contributed by atoms with E-state index in [0.29, 0.717) is 19.6 Å². The summed E-state index contributed by atoms with van der Waals surface area (Å²) in [4.78, 5) is 19.4. The Hall–Kier alpha value is -3.32. The highest BCUT2D eigenvalue weighted by molar-refractivity contribution is 7.20. The molecule has 7 heteroatoms. The standard InChI is InChI=1S/C25H26N4O2S/c1-18-20-16-23(32-25(20)29(26-18)17-19-8-4-3-5-9-19)24(30)28-14-12-27(13-15-28)21-10-6-7-11-22(21)31-2/h3-11,16H,12-15,17H2,1-2H3. The van der Waals surface area contributed by atoms with Crippen LogP contribution in [-0.2, 0) is 6.54 Å². The molecule has 32 heavy (non-hydrogen) atoms. The minimum atomic E-state index is 0.108. The number of nitrogens with zero attached hydrogens (tertiary/aromatic N) is 4. The van der Waals surface area contributed by atoms with Crippen molar-refractivity contribution in [3.8, 4) is 5.75 Å². The van der Waals surface area contributed by atoms with Crippen LogP contribution in [0, 0.1) is 6.92 Å². The topological polar surface area (TPSA) is 50.6 Å². The van der Waals surface area contributed by atoms with Crippen LogP contribution >= 0.6 is 11.3 Å². The van der Waals surface area contributed by atoms with Crippen LogP contribution in [0.3, 0.4) is 0 Å².